The standard InChI is InChI=1S/C21H21ClNO8P/c1-23-7-6-12(16(26)10-23)19-18(31-32(27,28)29)9-15(25)20-14(24)8-17(30-21(19)20)11-4-2-3-5-13(11)22/h2-5,8-9,12,16,25-26H,6-7,10H2,1H3,(H2,27,28,29)/t12-,16+/m0/s1/i5D. The molecule has 1 aliphatic heterocycles. The van der Waals surface area contributed by atoms with Crippen molar-refractivity contribution in [2.24, 2.45) is 0 Å². The van der Waals surface area contributed by atoms with Crippen molar-refractivity contribution in [3.63, 3.8) is 0 Å². The van der Waals surface area contributed by atoms with E-state index in [1.54, 1.807) is 12.1 Å². The molecule has 0 radical (unpaired) electrons. The Kier molecular flexibility index (Phi) is 5.71. The highest BCUT2D eigenvalue weighted by Crippen LogP contribution is 2.48. The number of phosphoric acid groups is 1. The minimum Gasteiger partial charge on any atom is -0.507 e. The molecule has 1 saturated heterocycles. The van der Waals surface area contributed by atoms with Gasteiger partial charge in [0.2, 0.25) is 0 Å². The SMILES string of the molecule is [2H]c1cccc(-c2cc(=O)c3c(O)cc(OP(=O)(O)O)c([C@H]4CCN(C)C[C@H]4O)c3o2)c1Cl. The molecule has 4 N–H and O–H groups in total. The topological polar surface area (TPSA) is 141 Å². The lowest BCUT2D eigenvalue weighted by Gasteiger charge is -2.34. The van der Waals surface area contributed by atoms with Crippen LogP contribution in [0.25, 0.3) is 22.3 Å². The fraction of sp³-hybridized carbons (Fsp3) is 0.286. The first kappa shape index (κ1) is 21.5. The third-order valence-electron chi connectivity index (χ3n) is 5.43. The lowest BCUT2D eigenvalue weighted by molar-refractivity contribution is 0.0632. The number of rotatable bonds is 4. The summed E-state index contributed by atoms with van der Waals surface area (Å²) in [6.07, 6.45) is -0.601. The molecular formula is C21H21ClNO8P. The van der Waals surface area contributed by atoms with E-state index in [-0.39, 0.29) is 45.5 Å². The molecular weight excluding hydrogens is 461 g/mol. The van der Waals surface area contributed by atoms with E-state index < -0.39 is 36.8 Å². The molecule has 0 bridgehead atoms. The lowest BCUT2D eigenvalue weighted by Crippen LogP contribution is -2.40. The number of aromatic hydroxyl groups is 1. The van der Waals surface area contributed by atoms with Gasteiger partial charge in [-0.25, -0.2) is 4.57 Å². The number of piperidine rings is 1. The van der Waals surface area contributed by atoms with Crippen LogP contribution in [0.15, 0.2) is 45.6 Å². The third kappa shape index (κ3) is 4.41. The van der Waals surface area contributed by atoms with Crippen LogP contribution in [-0.4, -0.2) is 51.1 Å². The van der Waals surface area contributed by atoms with Crippen molar-refractivity contribution in [3.8, 4) is 22.8 Å². The van der Waals surface area contributed by atoms with Crippen LogP contribution < -0.4 is 9.95 Å². The van der Waals surface area contributed by atoms with Gasteiger partial charge < -0.3 is 24.1 Å². The molecule has 4 rings (SSSR count). The fourth-order valence-corrected chi connectivity index (χ4v) is 4.66. The van der Waals surface area contributed by atoms with E-state index in [0.29, 0.717) is 13.0 Å². The van der Waals surface area contributed by atoms with Crippen LogP contribution in [0.3, 0.4) is 0 Å². The van der Waals surface area contributed by atoms with Crippen molar-refractivity contribution in [3.05, 3.63) is 57.2 Å². The molecule has 2 atom stereocenters. The van der Waals surface area contributed by atoms with Crippen LogP contribution in [0, 0.1) is 0 Å². The molecule has 0 unspecified atom stereocenters. The Bertz CT molecular complexity index is 1340. The average Bonchev–Trinajstić information content (AvgIpc) is 2.69. The molecule has 170 valence electrons. The van der Waals surface area contributed by atoms with Crippen molar-refractivity contribution >= 4 is 30.4 Å². The first-order valence-electron chi connectivity index (χ1n) is 10.2. The number of phenols is 1. The molecule has 0 saturated carbocycles. The van der Waals surface area contributed by atoms with Gasteiger partial charge in [0, 0.05) is 35.7 Å². The second-order valence-corrected chi connectivity index (χ2v) is 9.23. The molecule has 32 heavy (non-hydrogen) atoms. The molecule has 0 aliphatic carbocycles. The van der Waals surface area contributed by atoms with E-state index in [0.717, 1.165) is 12.1 Å². The largest absolute Gasteiger partial charge is 0.524 e. The maximum Gasteiger partial charge on any atom is 0.524 e. The molecule has 0 amide bonds. The number of likely N-dealkylation sites (N-methyl/N-ethyl adjacent to an activating group) is 1. The van der Waals surface area contributed by atoms with Gasteiger partial charge in [-0.3, -0.25) is 14.6 Å². The second-order valence-electron chi connectivity index (χ2n) is 7.69. The number of fused-ring (bicyclic) bond motifs is 1. The number of aliphatic hydroxyl groups excluding tert-OH is 1. The summed E-state index contributed by atoms with van der Waals surface area (Å²) in [5.41, 5.74) is -0.509. The molecule has 3 aromatic rings. The molecule has 1 fully saturated rings. The second kappa shape index (κ2) is 8.51. The van der Waals surface area contributed by atoms with Crippen LogP contribution in [0.5, 0.6) is 11.5 Å². The predicted octanol–water partition coefficient (Wildman–Crippen LogP) is 3.07. The number of hydrogen-bond acceptors (Lipinski definition) is 7. The number of likely N-dealkylation sites (tertiary alicyclic amines) is 1. The smallest absolute Gasteiger partial charge is 0.507 e. The zero-order valence-electron chi connectivity index (χ0n) is 17.9. The Morgan fingerprint density at radius 2 is 2.09 bits per heavy atom. The minimum absolute atomic E-state index is 0.00399. The van der Waals surface area contributed by atoms with Gasteiger partial charge in [-0.1, -0.05) is 23.7 Å². The van der Waals surface area contributed by atoms with E-state index in [1.807, 2.05) is 11.9 Å². The molecule has 2 aromatic carbocycles. The van der Waals surface area contributed by atoms with E-state index >= 15 is 0 Å². The highest BCUT2D eigenvalue weighted by molar-refractivity contribution is 7.46. The first-order chi connectivity index (χ1) is 15.5. The van der Waals surface area contributed by atoms with Crippen LogP contribution in [0.4, 0.5) is 0 Å². The summed E-state index contributed by atoms with van der Waals surface area (Å²) in [6.45, 7) is 0.815. The summed E-state index contributed by atoms with van der Waals surface area (Å²) in [4.78, 5) is 33.7. The molecule has 1 aromatic heterocycles. The Hall–Kier alpha value is -2.39. The van der Waals surface area contributed by atoms with Crippen LogP contribution in [0.1, 0.15) is 19.3 Å². The Morgan fingerprint density at radius 1 is 1.34 bits per heavy atom. The summed E-state index contributed by atoms with van der Waals surface area (Å²) in [6, 6.07) is 6.62. The van der Waals surface area contributed by atoms with Gasteiger partial charge in [0.1, 0.15) is 28.2 Å². The molecule has 9 nitrogen and oxygen atoms in total. The number of halogens is 1. The number of nitrogens with zero attached hydrogens (tertiary/aromatic N) is 1. The predicted molar refractivity (Wildman–Crippen MR) is 118 cm³/mol. The van der Waals surface area contributed by atoms with Crippen LogP contribution in [-0.2, 0) is 4.57 Å². The van der Waals surface area contributed by atoms with Crippen molar-refractivity contribution in [1.29, 1.82) is 0 Å². The Balaban J connectivity index is 2.06. The highest BCUT2D eigenvalue weighted by Gasteiger charge is 2.35. The molecule has 11 heteroatoms. The van der Waals surface area contributed by atoms with Crippen molar-refractivity contribution in [2.45, 2.75) is 18.4 Å². The van der Waals surface area contributed by atoms with Crippen molar-refractivity contribution in [1.82, 2.24) is 4.90 Å². The number of hydrogen-bond donors (Lipinski definition) is 4. The van der Waals surface area contributed by atoms with Crippen LogP contribution in [0.2, 0.25) is 5.02 Å². The summed E-state index contributed by atoms with van der Waals surface area (Å²) in [5, 5.41) is 21.1. The van der Waals surface area contributed by atoms with Crippen molar-refractivity contribution < 1.29 is 34.9 Å². The normalized spacial score (nSPS) is 20.3. The molecule has 1 aliphatic rings. The van der Waals surface area contributed by atoms with E-state index in [4.69, 9.17) is 21.9 Å². The number of benzene rings is 2. The Morgan fingerprint density at radius 3 is 2.78 bits per heavy atom. The third-order valence-corrected chi connectivity index (χ3v) is 6.17. The highest BCUT2D eigenvalue weighted by atomic mass is 35.5. The zero-order valence-corrected chi connectivity index (χ0v) is 18.5. The van der Waals surface area contributed by atoms with Crippen LogP contribution >= 0.6 is 19.4 Å². The Labute approximate surface area is 189 Å². The molecule has 2 heterocycles. The maximum atomic E-state index is 13.0. The first-order valence-corrected chi connectivity index (χ1v) is 11.6. The minimum atomic E-state index is -5.06. The monoisotopic (exact) mass is 482 g/mol. The molecule has 0 spiro atoms. The van der Waals surface area contributed by atoms with Gasteiger partial charge in [-0.15, -0.1) is 0 Å². The van der Waals surface area contributed by atoms with E-state index in [9.17, 15) is 29.4 Å². The van der Waals surface area contributed by atoms with Crippen molar-refractivity contribution in [2.75, 3.05) is 20.1 Å². The fourth-order valence-electron chi connectivity index (χ4n) is 4.03. The van der Waals surface area contributed by atoms with Gasteiger partial charge in [-0.05, 0) is 32.1 Å². The van der Waals surface area contributed by atoms with Gasteiger partial charge >= 0.3 is 7.82 Å². The lowest BCUT2D eigenvalue weighted by atomic mass is 9.85. The summed E-state index contributed by atoms with van der Waals surface area (Å²) < 4.78 is 30.4. The van der Waals surface area contributed by atoms with E-state index in [1.165, 1.54) is 6.07 Å². The quantitative estimate of drug-likeness (QED) is 0.413. The number of aliphatic hydroxyl groups is 1. The van der Waals surface area contributed by atoms with Gasteiger partial charge in [0.05, 0.1) is 12.5 Å². The average molecular weight is 483 g/mol. The number of phenolic OH excluding ortho intramolecular Hbond substituents is 1. The maximum absolute atomic E-state index is 13.0. The van der Waals surface area contributed by atoms with Gasteiger partial charge in [0.25, 0.3) is 0 Å². The number of β-amino-alcohol motifs (C(OH)–C–C–N with tert-alkyl or cyclic N) is 1. The summed E-state index contributed by atoms with van der Waals surface area (Å²) >= 11 is 6.24. The zero-order chi connectivity index (χ0) is 24.1. The summed E-state index contributed by atoms with van der Waals surface area (Å²) in [5.74, 6) is -1.71. The van der Waals surface area contributed by atoms with E-state index in [2.05, 4.69) is 0 Å². The number of phosphoric ester groups is 1. The van der Waals surface area contributed by atoms with Gasteiger partial charge in [0.15, 0.2) is 5.43 Å². The van der Waals surface area contributed by atoms with Gasteiger partial charge in [-0.2, -0.15) is 0 Å². The summed E-state index contributed by atoms with van der Waals surface area (Å²) in [7, 11) is -3.25.